The molecule has 1 amide bonds. The second-order valence-electron chi connectivity index (χ2n) is 4.20. The fraction of sp³-hybridized carbons (Fsp3) is 0.250. The first-order valence-corrected chi connectivity index (χ1v) is 5.82. The molecule has 1 aromatic carbocycles. The maximum absolute atomic E-state index is 12.1. The molecule has 0 radical (unpaired) electrons. The van der Waals surface area contributed by atoms with E-state index < -0.39 is 0 Å². The largest absolute Gasteiger partial charge is 0.345 e. The van der Waals surface area contributed by atoms with Gasteiger partial charge in [0.15, 0.2) is 5.69 Å². The van der Waals surface area contributed by atoms with Crippen LogP contribution in [0.4, 0.5) is 0 Å². The Morgan fingerprint density at radius 1 is 1.33 bits per heavy atom. The summed E-state index contributed by atoms with van der Waals surface area (Å²) in [4.78, 5) is 12.1. The second kappa shape index (κ2) is 4.58. The van der Waals surface area contributed by atoms with E-state index in [9.17, 15) is 4.79 Å². The predicted octanol–water partition coefficient (Wildman–Crippen LogP) is -0.0311. The highest BCUT2D eigenvalue weighted by Crippen LogP contribution is 2.09. The second-order valence-corrected chi connectivity index (χ2v) is 4.20. The van der Waals surface area contributed by atoms with Crippen molar-refractivity contribution in [1.29, 1.82) is 0 Å². The van der Waals surface area contributed by atoms with E-state index in [2.05, 4.69) is 20.9 Å². The number of nitrogens with one attached hydrogen (secondary N) is 2. The Labute approximate surface area is 104 Å². The van der Waals surface area contributed by atoms with Crippen LogP contribution in [0.5, 0.6) is 0 Å². The minimum absolute atomic E-state index is 0.143. The van der Waals surface area contributed by atoms with Crippen molar-refractivity contribution in [3.05, 3.63) is 42.2 Å². The van der Waals surface area contributed by atoms with Crippen molar-refractivity contribution in [3.63, 3.8) is 0 Å². The number of nitrogens with zero attached hydrogens (tertiary/aromatic N) is 3. The number of aromatic nitrogens is 3. The van der Waals surface area contributed by atoms with Crippen LogP contribution in [0.1, 0.15) is 10.5 Å². The van der Waals surface area contributed by atoms with Crippen LogP contribution in [0, 0.1) is 0 Å². The lowest BCUT2D eigenvalue weighted by molar-refractivity contribution is 0.0916. The standard InChI is InChI=1S/C12H13N5O/c18-12(15-9-6-13-7-9)11-8-14-16-17(11)10-4-2-1-3-5-10/h1-5,8-9,13H,6-7H2,(H,15,18). The van der Waals surface area contributed by atoms with Crippen LogP contribution >= 0.6 is 0 Å². The maximum atomic E-state index is 12.1. The van der Waals surface area contributed by atoms with Gasteiger partial charge in [0, 0.05) is 13.1 Å². The van der Waals surface area contributed by atoms with Crippen LogP contribution in [-0.4, -0.2) is 40.0 Å². The van der Waals surface area contributed by atoms with E-state index in [1.807, 2.05) is 30.3 Å². The minimum atomic E-state index is -0.143. The first kappa shape index (κ1) is 10.9. The van der Waals surface area contributed by atoms with Crippen molar-refractivity contribution in [2.24, 2.45) is 0 Å². The zero-order chi connectivity index (χ0) is 12.4. The zero-order valence-electron chi connectivity index (χ0n) is 9.71. The van der Waals surface area contributed by atoms with E-state index in [0.717, 1.165) is 18.8 Å². The monoisotopic (exact) mass is 243 g/mol. The highest BCUT2D eigenvalue weighted by Gasteiger charge is 2.22. The van der Waals surface area contributed by atoms with Gasteiger partial charge in [-0.15, -0.1) is 5.10 Å². The molecule has 6 heteroatoms. The van der Waals surface area contributed by atoms with Crippen LogP contribution < -0.4 is 10.6 Å². The van der Waals surface area contributed by atoms with Crippen molar-refractivity contribution in [2.75, 3.05) is 13.1 Å². The topological polar surface area (TPSA) is 71.8 Å². The summed E-state index contributed by atoms with van der Waals surface area (Å²) in [5, 5.41) is 13.8. The van der Waals surface area contributed by atoms with Crippen LogP contribution in [0.15, 0.2) is 36.5 Å². The van der Waals surface area contributed by atoms with Gasteiger partial charge in [0.25, 0.3) is 5.91 Å². The molecule has 1 saturated heterocycles. The number of hydrogen-bond donors (Lipinski definition) is 2. The van der Waals surface area contributed by atoms with Crippen molar-refractivity contribution >= 4 is 5.91 Å². The molecule has 1 aliphatic rings. The molecule has 92 valence electrons. The Bertz CT molecular complexity index is 547. The van der Waals surface area contributed by atoms with E-state index in [-0.39, 0.29) is 11.9 Å². The average Bonchev–Trinajstić information content (AvgIpc) is 2.84. The predicted molar refractivity (Wildman–Crippen MR) is 65.5 cm³/mol. The smallest absolute Gasteiger partial charge is 0.272 e. The van der Waals surface area contributed by atoms with Crippen LogP contribution in [0.3, 0.4) is 0 Å². The Kier molecular flexibility index (Phi) is 2.77. The summed E-state index contributed by atoms with van der Waals surface area (Å²) in [6, 6.07) is 9.69. The van der Waals surface area contributed by atoms with Crippen molar-refractivity contribution in [3.8, 4) is 5.69 Å². The SMILES string of the molecule is O=C(NC1CNC1)c1cnnn1-c1ccccc1. The van der Waals surface area contributed by atoms with E-state index in [1.54, 1.807) is 4.68 Å². The van der Waals surface area contributed by atoms with Gasteiger partial charge in [0.1, 0.15) is 0 Å². The molecule has 0 spiro atoms. The summed E-state index contributed by atoms with van der Waals surface area (Å²) in [7, 11) is 0. The molecule has 2 aromatic rings. The summed E-state index contributed by atoms with van der Waals surface area (Å²) in [6.07, 6.45) is 1.48. The fourth-order valence-corrected chi connectivity index (χ4v) is 1.80. The normalized spacial score (nSPS) is 15.1. The number of rotatable bonds is 3. The number of amides is 1. The summed E-state index contributed by atoms with van der Waals surface area (Å²) >= 11 is 0. The van der Waals surface area contributed by atoms with Crippen LogP contribution in [0.2, 0.25) is 0 Å². The molecular formula is C12H13N5O. The average molecular weight is 243 g/mol. The molecule has 2 heterocycles. The third kappa shape index (κ3) is 1.98. The van der Waals surface area contributed by atoms with Gasteiger partial charge >= 0.3 is 0 Å². The molecule has 3 rings (SSSR count). The molecule has 1 aromatic heterocycles. The molecular weight excluding hydrogens is 230 g/mol. The quantitative estimate of drug-likeness (QED) is 0.794. The molecule has 18 heavy (non-hydrogen) atoms. The highest BCUT2D eigenvalue weighted by atomic mass is 16.2. The fourth-order valence-electron chi connectivity index (χ4n) is 1.80. The third-order valence-electron chi connectivity index (χ3n) is 2.90. The summed E-state index contributed by atoms with van der Waals surface area (Å²) in [5.41, 5.74) is 1.28. The number of hydrogen-bond acceptors (Lipinski definition) is 4. The molecule has 0 bridgehead atoms. The van der Waals surface area contributed by atoms with Gasteiger partial charge in [-0.05, 0) is 12.1 Å². The highest BCUT2D eigenvalue weighted by molar-refractivity contribution is 5.93. The number of para-hydroxylation sites is 1. The lowest BCUT2D eigenvalue weighted by Gasteiger charge is -2.27. The number of benzene rings is 1. The number of carbonyl (C=O) groups excluding carboxylic acids is 1. The van der Waals surface area contributed by atoms with E-state index >= 15 is 0 Å². The van der Waals surface area contributed by atoms with Gasteiger partial charge in [0.2, 0.25) is 0 Å². The van der Waals surface area contributed by atoms with Gasteiger partial charge in [-0.1, -0.05) is 23.4 Å². The summed E-state index contributed by atoms with van der Waals surface area (Å²) < 4.78 is 1.54. The molecule has 0 atom stereocenters. The van der Waals surface area contributed by atoms with Crippen LogP contribution in [0.25, 0.3) is 5.69 Å². The van der Waals surface area contributed by atoms with Crippen LogP contribution in [-0.2, 0) is 0 Å². The van der Waals surface area contributed by atoms with Gasteiger partial charge in [-0.2, -0.15) is 0 Å². The minimum Gasteiger partial charge on any atom is -0.345 e. The Hall–Kier alpha value is -2.21. The van der Waals surface area contributed by atoms with E-state index in [4.69, 9.17) is 0 Å². The molecule has 0 saturated carbocycles. The first-order valence-electron chi connectivity index (χ1n) is 5.82. The zero-order valence-corrected chi connectivity index (χ0v) is 9.71. The lowest BCUT2D eigenvalue weighted by atomic mass is 10.2. The molecule has 1 aliphatic heterocycles. The summed E-state index contributed by atoms with van der Waals surface area (Å²) in [6.45, 7) is 1.64. The van der Waals surface area contributed by atoms with E-state index in [0.29, 0.717) is 5.69 Å². The molecule has 2 N–H and O–H groups in total. The molecule has 0 unspecified atom stereocenters. The Morgan fingerprint density at radius 3 is 2.78 bits per heavy atom. The Balaban J connectivity index is 1.84. The lowest BCUT2D eigenvalue weighted by Crippen LogP contribution is -2.57. The first-order chi connectivity index (χ1) is 8.84. The van der Waals surface area contributed by atoms with Gasteiger partial charge in [-0.3, -0.25) is 4.79 Å². The van der Waals surface area contributed by atoms with Crippen molar-refractivity contribution < 1.29 is 4.79 Å². The maximum Gasteiger partial charge on any atom is 0.272 e. The summed E-state index contributed by atoms with van der Waals surface area (Å²) in [5.74, 6) is -0.143. The van der Waals surface area contributed by atoms with Crippen molar-refractivity contribution in [2.45, 2.75) is 6.04 Å². The molecule has 0 aliphatic carbocycles. The molecule has 6 nitrogen and oxygen atoms in total. The molecule has 1 fully saturated rings. The van der Waals surface area contributed by atoms with Gasteiger partial charge < -0.3 is 10.6 Å². The van der Waals surface area contributed by atoms with E-state index in [1.165, 1.54) is 6.20 Å². The Morgan fingerprint density at radius 2 is 2.11 bits per heavy atom. The number of carbonyl (C=O) groups is 1. The van der Waals surface area contributed by atoms with Crippen molar-refractivity contribution in [1.82, 2.24) is 25.6 Å². The van der Waals surface area contributed by atoms with Gasteiger partial charge in [-0.25, -0.2) is 4.68 Å². The van der Waals surface area contributed by atoms with Gasteiger partial charge in [0.05, 0.1) is 17.9 Å². The third-order valence-corrected chi connectivity index (χ3v) is 2.90.